The Kier molecular flexibility index (Phi) is 95.1. The Morgan fingerprint density at radius 3 is 1.31 bits per heavy atom. The van der Waals surface area contributed by atoms with Gasteiger partial charge in [0.2, 0.25) is 0 Å². The second kappa shape index (κ2) is 60.1. The Hall–Kier alpha value is -2.94. The molecule has 0 aliphatic heterocycles. The fourth-order valence-corrected chi connectivity index (χ4v) is 3.50. The SMILES string of the molecule is C.C.C.C.C.C.C.C.C.C.CCC(C)(C)C(=O)OC.CCC(C)(C)C(=O)OCCO.CCC(C)C(=O)O.CCC(C)c1ccccc1.CCCCC(CC)COC(=O)C(C)CC. The van der Waals surface area contributed by atoms with Crippen molar-refractivity contribution in [1.82, 2.24) is 0 Å². The van der Waals surface area contributed by atoms with Crippen LogP contribution in [0.3, 0.4) is 0 Å². The summed E-state index contributed by atoms with van der Waals surface area (Å²) in [7, 11) is 1.42. The van der Waals surface area contributed by atoms with Crippen LogP contribution in [0.2, 0.25) is 0 Å². The molecule has 4 unspecified atom stereocenters. The maximum atomic E-state index is 11.4. The summed E-state index contributed by atoms with van der Waals surface area (Å²) in [6.45, 7) is 28.2. The standard InChI is InChI=1S/C13H26O2.C10H14.C8H16O3.C7H14O2.C5H10O2.10CH4/c1-5-8-9-12(7-3)10-15-13(14)11(4)6-2;1-3-9(2)10-7-5-4-6-8-10;1-4-8(2,3)7(10)11-6-5-9;1-5-7(2,3)6(8)9-4;1-3-4(2)5(6)7;;;;;;;;;;/h11-12H,5-10H2,1-4H3;4-9H,3H2,1-2H3;9H,4-6H2,1-3H3;5H2,1-4H3;4H,3H2,1-2H3,(H,6,7);10*1H4. The largest absolute Gasteiger partial charge is 0.481 e. The number of benzene rings is 1. The summed E-state index contributed by atoms with van der Waals surface area (Å²) in [6, 6.07) is 10.6. The smallest absolute Gasteiger partial charge is 0.311 e. The maximum Gasteiger partial charge on any atom is 0.311 e. The molecule has 0 fully saturated rings. The van der Waals surface area contributed by atoms with E-state index in [0.717, 1.165) is 32.1 Å². The normalized spacial score (nSPS) is 10.8. The van der Waals surface area contributed by atoms with Crippen molar-refractivity contribution >= 4 is 23.9 Å². The molecule has 2 N–H and O–H groups in total. The van der Waals surface area contributed by atoms with Crippen LogP contribution in [0.25, 0.3) is 0 Å². The third-order valence-electron chi connectivity index (χ3n) is 9.42. The fourth-order valence-electron chi connectivity index (χ4n) is 3.50. The van der Waals surface area contributed by atoms with Crippen LogP contribution < -0.4 is 0 Å². The van der Waals surface area contributed by atoms with Crippen molar-refractivity contribution in [2.75, 3.05) is 26.9 Å². The van der Waals surface area contributed by atoms with E-state index in [4.69, 9.17) is 19.7 Å². The Morgan fingerprint density at radius 1 is 0.613 bits per heavy atom. The summed E-state index contributed by atoms with van der Waals surface area (Å²) < 4.78 is 14.6. The quantitative estimate of drug-likeness (QED) is 0.109. The zero-order valence-electron chi connectivity index (χ0n) is 35.9. The number of aliphatic hydroxyl groups excluding tert-OH is 1. The highest BCUT2D eigenvalue weighted by Crippen LogP contribution is 2.22. The van der Waals surface area contributed by atoms with E-state index in [-0.39, 0.29) is 123 Å². The summed E-state index contributed by atoms with van der Waals surface area (Å²) in [5.74, 6) is 0.0156. The number of ether oxygens (including phenoxy) is 3. The first-order valence-electron chi connectivity index (χ1n) is 19.6. The summed E-state index contributed by atoms with van der Waals surface area (Å²) in [6.07, 6.45) is 9.12. The maximum absolute atomic E-state index is 11.4. The van der Waals surface area contributed by atoms with Crippen molar-refractivity contribution in [2.24, 2.45) is 28.6 Å². The number of methoxy groups -OCH3 is 1. The van der Waals surface area contributed by atoms with Gasteiger partial charge in [0.25, 0.3) is 0 Å². The number of hydrogen-bond acceptors (Lipinski definition) is 8. The van der Waals surface area contributed by atoms with Gasteiger partial charge in [-0.15, -0.1) is 0 Å². The number of aliphatic carboxylic acids is 1. The Labute approximate surface area is 392 Å². The molecule has 9 heteroatoms. The minimum absolute atomic E-state index is 0. The van der Waals surface area contributed by atoms with E-state index in [1.54, 1.807) is 6.92 Å². The van der Waals surface area contributed by atoms with Crippen LogP contribution >= 0.6 is 0 Å². The number of hydrogen-bond donors (Lipinski definition) is 2. The van der Waals surface area contributed by atoms with Gasteiger partial charge in [-0.2, -0.15) is 0 Å². The molecule has 1 aromatic carbocycles. The number of esters is 3. The summed E-state index contributed by atoms with van der Waals surface area (Å²) in [4.78, 5) is 43.3. The van der Waals surface area contributed by atoms with Crippen LogP contribution in [0.5, 0.6) is 0 Å². The van der Waals surface area contributed by atoms with Crippen molar-refractivity contribution in [1.29, 1.82) is 0 Å². The van der Waals surface area contributed by atoms with Crippen molar-refractivity contribution < 1.29 is 43.6 Å². The molecule has 1 aromatic rings. The van der Waals surface area contributed by atoms with E-state index in [1.165, 1.54) is 38.4 Å². The average molecular weight is 902 g/mol. The molecule has 0 amide bonds. The van der Waals surface area contributed by atoms with Crippen LogP contribution in [-0.2, 0) is 33.4 Å². The van der Waals surface area contributed by atoms with Gasteiger partial charge in [0.1, 0.15) is 6.61 Å². The highest BCUT2D eigenvalue weighted by atomic mass is 16.5. The van der Waals surface area contributed by atoms with Gasteiger partial charge in [0.15, 0.2) is 0 Å². The van der Waals surface area contributed by atoms with E-state index in [0.29, 0.717) is 18.4 Å². The van der Waals surface area contributed by atoms with E-state index in [1.807, 2.05) is 62.3 Å². The van der Waals surface area contributed by atoms with Crippen LogP contribution in [0.1, 0.15) is 240 Å². The Balaban J connectivity index is -0.0000000379. The molecule has 0 heterocycles. The molecule has 9 nitrogen and oxygen atoms in total. The molecule has 0 aliphatic carbocycles. The van der Waals surface area contributed by atoms with E-state index in [2.05, 4.69) is 62.8 Å². The zero-order chi connectivity index (χ0) is 41.3. The van der Waals surface area contributed by atoms with Gasteiger partial charge in [0, 0.05) is 0 Å². The van der Waals surface area contributed by atoms with Crippen molar-refractivity contribution in [2.45, 2.75) is 235 Å². The van der Waals surface area contributed by atoms with E-state index >= 15 is 0 Å². The molecule has 0 saturated heterocycles. The third-order valence-corrected chi connectivity index (χ3v) is 9.42. The van der Waals surface area contributed by atoms with Crippen molar-refractivity contribution in [3.8, 4) is 0 Å². The van der Waals surface area contributed by atoms with Gasteiger partial charge in [-0.1, -0.05) is 193 Å². The highest BCUT2D eigenvalue weighted by molar-refractivity contribution is 5.76. The minimum Gasteiger partial charge on any atom is -0.481 e. The minimum atomic E-state index is -0.706. The number of carbonyl (C=O) groups is 4. The highest BCUT2D eigenvalue weighted by Gasteiger charge is 2.27. The molecule has 0 aliphatic rings. The number of carboxylic acid groups (broad SMARTS) is 1. The lowest BCUT2D eigenvalue weighted by Gasteiger charge is -2.19. The molecule has 1 rings (SSSR count). The number of rotatable bonds is 18. The monoisotopic (exact) mass is 901 g/mol. The number of carbonyl (C=O) groups excluding carboxylic acids is 3. The molecule has 386 valence electrons. The second-order valence-corrected chi connectivity index (χ2v) is 14.5. The summed E-state index contributed by atoms with van der Waals surface area (Å²) in [5, 5.41) is 16.6. The first kappa shape index (κ1) is 98.1. The van der Waals surface area contributed by atoms with Crippen LogP contribution in [0.4, 0.5) is 0 Å². The second-order valence-electron chi connectivity index (χ2n) is 14.5. The number of unbranched alkanes of at least 4 members (excludes halogenated alkanes) is 1. The van der Waals surface area contributed by atoms with Gasteiger partial charge < -0.3 is 24.4 Å². The third kappa shape index (κ3) is 53.2. The molecule has 0 saturated carbocycles. The Morgan fingerprint density at radius 2 is 1.03 bits per heavy atom. The summed E-state index contributed by atoms with van der Waals surface area (Å²) >= 11 is 0. The first-order chi connectivity index (χ1) is 24.3. The average Bonchev–Trinajstić information content (AvgIpc) is 3.16. The number of aliphatic hydroxyl groups is 1. The lowest BCUT2D eigenvalue weighted by molar-refractivity contribution is -0.155. The molecule has 0 spiro atoms. The first-order valence-corrected chi connectivity index (χ1v) is 19.6. The van der Waals surface area contributed by atoms with Gasteiger partial charge in [0.05, 0.1) is 43.0 Å². The molecular weight excluding hydrogens is 781 g/mol. The molecule has 4 atom stereocenters. The van der Waals surface area contributed by atoms with Crippen LogP contribution in [0.15, 0.2) is 30.3 Å². The van der Waals surface area contributed by atoms with Gasteiger partial charge in [-0.3, -0.25) is 19.2 Å². The fraction of sp³-hybridized carbons (Fsp3) is 0.811. The lowest BCUT2D eigenvalue weighted by Crippen LogP contribution is -2.26. The number of carboxylic acids is 1. The predicted octanol–water partition coefficient (Wildman–Crippen LogP) is 17.0. The van der Waals surface area contributed by atoms with Gasteiger partial charge >= 0.3 is 23.9 Å². The van der Waals surface area contributed by atoms with Crippen molar-refractivity contribution in [3.63, 3.8) is 0 Å². The van der Waals surface area contributed by atoms with Gasteiger partial charge in [-0.25, -0.2) is 0 Å². The predicted molar refractivity (Wildman–Crippen MR) is 281 cm³/mol. The summed E-state index contributed by atoms with van der Waals surface area (Å²) in [5.41, 5.74) is 0.717. The van der Waals surface area contributed by atoms with E-state index in [9.17, 15) is 19.2 Å². The van der Waals surface area contributed by atoms with E-state index < -0.39 is 11.4 Å². The van der Waals surface area contributed by atoms with Gasteiger partial charge in [-0.05, 0) is 83.6 Å². The molecule has 0 aromatic heterocycles. The lowest BCUT2D eigenvalue weighted by atomic mass is 9.91. The molecular formula is C53H120O9. The van der Waals surface area contributed by atoms with Crippen LogP contribution in [-0.4, -0.2) is 61.0 Å². The van der Waals surface area contributed by atoms with Crippen molar-refractivity contribution in [3.05, 3.63) is 35.9 Å². The molecule has 0 radical (unpaired) electrons. The van der Waals surface area contributed by atoms with Crippen LogP contribution in [0, 0.1) is 28.6 Å². The molecule has 0 bridgehead atoms. The molecule has 62 heavy (non-hydrogen) atoms. The zero-order valence-corrected chi connectivity index (χ0v) is 35.9. The Bertz CT molecular complexity index is 1020. The topological polar surface area (TPSA) is 136 Å².